The number of hydrogen-bond acceptors (Lipinski definition) is 3. The van der Waals surface area contributed by atoms with Crippen molar-refractivity contribution in [2.45, 2.75) is 38.5 Å². The third-order valence-electron chi connectivity index (χ3n) is 4.55. The lowest BCUT2D eigenvalue weighted by Crippen LogP contribution is -2.46. The maximum Gasteiger partial charge on any atom is 0.0110 e. The molecule has 0 bridgehead atoms. The van der Waals surface area contributed by atoms with Gasteiger partial charge in [0.2, 0.25) is 0 Å². The molecule has 0 atom stereocenters. The standard InChI is InChI=1S/C15H31N3/c1-17(12-13-18-10-8-16-9-11-18)14-15-6-4-2-3-5-7-15/h15-16H,2-14H2,1H3. The summed E-state index contributed by atoms with van der Waals surface area (Å²) < 4.78 is 0. The van der Waals surface area contributed by atoms with E-state index in [0.717, 1.165) is 5.92 Å². The SMILES string of the molecule is CN(CCN1CCNCC1)CC1CCCCCC1. The summed E-state index contributed by atoms with van der Waals surface area (Å²) in [5.41, 5.74) is 0. The quantitative estimate of drug-likeness (QED) is 0.754. The molecule has 1 aliphatic carbocycles. The minimum Gasteiger partial charge on any atom is -0.314 e. The van der Waals surface area contributed by atoms with Crippen molar-refractivity contribution in [2.75, 3.05) is 52.9 Å². The van der Waals surface area contributed by atoms with Crippen LogP contribution < -0.4 is 5.32 Å². The molecule has 0 aromatic heterocycles. The highest BCUT2D eigenvalue weighted by Crippen LogP contribution is 2.23. The molecule has 0 aromatic carbocycles. The van der Waals surface area contributed by atoms with Crippen LogP contribution in [0.25, 0.3) is 0 Å². The highest BCUT2D eigenvalue weighted by atomic mass is 15.2. The van der Waals surface area contributed by atoms with Gasteiger partial charge in [0, 0.05) is 45.8 Å². The molecule has 1 aliphatic heterocycles. The number of nitrogens with one attached hydrogen (secondary N) is 1. The molecule has 18 heavy (non-hydrogen) atoms. The Morgan fingerprint density at radius 1 is 1.06 bits per heavy atom. The van der Waals surface area contributed by atoms with E-state index in [1.807, 2.05) is 0 Å². The molecule has 106 valence electrons. The Bertz CT molecular complexity index is 206. The first-order valence-corrected chi connectivity index (χ1v) is 7.96. The minimum atomic E-state index is 0.973. The van der Waals surface area contributed by atoms with Crippen LogP contribution in [0.5, 0.6) is 0 Å². The van der Waals surface area contributed by atoms with E-state index >= 15 is 0 Å². The van der Waals surface area contributed by atoms with Gasteiger partial charge < -0.3 is 10.2 Å². The van der Waals surface area contributed by atoms with Crippen LogP contribution >= 0.6 is 0 Å². The van der Waals surface area contributed by atoms with Gasteiger partial charge in [-0.05, 0) is 25.8 Å². The van der Waals surface area contributed by atoms with Gasteiger partial charge in [0.25, 0.3) is 0 Å². The van der Waals surface area contributed by atoms with E-state index in [1.165, 1.54) is 84.3 Å². The van der Waals surface area contributed by atoms with E-state index in [0.29, 0.717) is 0 Å². The van der Waals surface area contributed by atoms with Crippen molar-refractivity contribution in [3.63, 3.8) is 0 Å². The van der Waals surface area contributed by atoms with Crippen LogP contribution in [-0.4, -0.2) is 62.7 Å². The summed E-state index contributed by atoms with van der Waals surface area (Å²) in [5.74, 6) is 0.973. The molecule has 0 spiro atoms. The van der Waals surface area contributed by atoms with Crippen LogP contribution in [0.1, 0.15) is 38.5 Å². The Balaban J connectivity index is 1.59. The summed E-state index contributed by atoms with van der Waals surface area (Å²) >= 11 is 0. The van der Waals surface area contributed by atoms with Crippen LogP contribution in [0.2, 0.25) is 0 Å². The highest BCUT2D eigenvalue weighted by Gasteiger charge is 2.15. The zero-order valence-corrected chi connectivity index (χ0v) is 12.2. The van der Waals surface area contributed by atoms with Crippen molar-refractivity contribution in [1.82, 2.24) is 15.1 Å². The number of hydrogen-bond donors (Lipinski definition) is 1. The highest BCUT2D eigenvalue weighted by molar-refractivity contribution is 4.71. The van der Waals surface area contributed by atoms with Crippen molar-refractivity contribution in [1.29, 1.82) is 0 Å². The van der Waals surface area contributed by atoms with Crippen LogP contribution in [0.4, 0.5) is 0 Å². The average molecular weight is 253 g/mol. The third kappa shape index (κ3) is 5.25. The predicted octanol–water partition coefficient (Wildman–Crippen LogP) is 1.79. The van der Waals surface area contributed by atoms with Crippen molar-refractivity contribution < 1.29 is 0 Å². The van der Waals surface area contributed by atoms with Gasteiger partial charge in [-0.1, -0.05) is 25.7 Å². The molecule has 1 saturated carbocycles. The first kappa shape index (κ1) is 14.3. The Hall–Kier alpha value is -0.120. The Morgan fingerprint density at radius 2 is 1.72 bits per heavy atom. The lowest BCUT2D eigenvalue weighted by Gasteiger charge is -2.30. The molecular formula is C15H31N3. The Kier molecular flexibility index (Phi) is 6.46. The number of nitrogens with zero attached hydrogens (tertiary/aromatic N) is 2. The van der Waals surface area contributed by atoms with E-state index in [9.17, 15) is 0 Å². The third-order valence-corrected chi connectivity index (χ3v) is 4.55. The van der Waals surface area contributed by atoms with E-state index < -0.39 is 0 Å². The molecule has 0 unspecified atom stereocenters. The van der Waals surface area contributed by atoms with Gasteiger partial charge in [-0.25, -0.2) is 0 Å². The molecule has 2 fully saturated rings. The fourth-order valence-corrected chi connectivity index (χ4v) is 3.33. The number of likely N-dealkylation sites (N-methyl/N-ethyl adjacent to an activating group) is 1. The molecule has 0 aromatic rings. The summed E-state index contributed by atoms with van der Waals surface area (Å²) in [6.45, 7) is 8.64. The van der Waals surface area contributed by atoms with Crippen molar-refractivity contribution in [3.8, 4) is 0 Å². The van der Waals surface area contributed by atoms with Gasteiger partial charge in [0.15, 0.2) is 0 Å². The Labute approximate surface area is 113 Å². The molecule has 1 N–H and O–H groups in total. The van der Waals surface area contributed by atoms with E-state index in [2.05, 4.69) is 22.2 Å². The maximum absolute atomic E-state index is 3.42. The summed E-state index contributed by atoms with van der Waals surface area (Å²) in [7, 11) is 2.31. The molecule has 0 amide bonds. The van der Waals surface area contributed by atoms with Gasteiger partial charge >= 0.3 is 0 Å². The van der Waals surface area contributed by atoms with Crippen LogP contribution in [0.15, 0.2) is 0 Å². The van der Waals surface area contributed by atoms with Crippen LogP contribution in [-0.2, 0) is 0 Å². The second-order valence-corrected chi connectivity index (χ2v) is 6.21. The normalized spacial score (nSPS) is 24.3. The average Bonchev–Trinajstić information content (AvgIpc) is 2.66. The smallest absolute Gasteiger partial charge is 0.0110 e. The number of rotatable bonds is 5. The largest absolute Gasteiger partial charge is 0.314 e. The summed E-state index contributed by atoms with van der Waals surface area (Å²) in [6.07, 6.45) is 8.82. The van der Waals surface area contributed by atoms with Crippen molar-refractivity contribution >= 4 is 0 Å². The van der Waals surface area contributed by atoms with Crippen molar-refractivity contribution in [3.05, 3.63) is 0 Å². The van der Waals surface area contributed by atoms with Crippen LogP contribution in [0.3, 0.4) is 0 Å². The molecule has 0 radical (unpaired) electrons. The molecule has 3 nitrogen and oxygen atoms in total. The molecule has 3 heteroatoms. The maximum atomic E-state index is 3.42. The van der Waals surface area contributed by atoms with Gasteiger partial charge in [0.1, 0.15) is 0 Å². The van der Waals surface area contributed by atoms with Gasteiger partial charge in [-0.3, -0.25) is 4.90 Å². The summed E-state index contributed by atoms with van der Waals surface area (Å²) in [5, 5.41) is 3.42. The summed E-state index contributed by atoms with van der Waals surface area (Å²) in [6, 6.07) is 0. The monoisotopic (exact) mass is 253 g/mol. The van der Waals surface area contributed by atoms with E-state index in [-0.39, 0.29) is 0 Å². The zero-order valence-electron chi connectivity index (χ0n) is 12.2. The Morgan fingerprint density at radius 3 is 2.39 bits per heavy atom. The summed E-state index contributed by atoms with van der Waals surface area (Å²) in [4.78, 5) is 5.16. The lowest BCUT2D eigenvalue weighted by molar-refractivity contribution is 0.189. The molecule has 2 rings (SSSR count). The molecule has 2 aliphatic rings. The fourth-order valence-electron chi connectivity index (χ4n) is 3.33. The van der Waals surface area contributed by atoms with E-state index in [4.69, 9.17) is 0 Å². The first-order valence-electron chi connectivity index (χ1n) is 7.96. The van der Waals surface area contributed by atoms with Gasteiger partial charge in [0.05, 0.1) is 0 Å². The fraction of sp³-hybridized carbons (Fsp3) is 1.00. The topological polar surface area (TPSA) is 18.5 Å². The lowest BCUT2D eigenvalue weighted by atomic mass is 10.00. The minimum absolute atomic E-state index is 0.973. The molecule has 1 saturated heterocycles. The van der Waals surface area contributed by atoms with E-state index in [1.54, 1.807) is 0 Å². The number of piperazine rings is 1. The second-order valence-electron chi connectivity index (χ2n) is 6.21. The van der Waals surface area contributed by atoms with Crippen molar-refractivity contribution in [2.24, 2.45) is 5.92 Å². The zero-order chi connectivity index (χ0) is 12.6. The molecule has 1 heterocycles. The van der Waals surface area contributed by atoms with Crippen LogP contribution in [0, 0.1) is 5.92 Å². The second kappa shape index (κ2) is 8.13. The predicted molar refractivity (Wildman–Crippen MR) is 78.0 cm³/mol. The van der Waals surface area contributed by atoms with Gasteiger partial charge in [-0.2, -0.15) is 0 Å². The van der Waals surface area contributed by atoms with Gasteiger partial charge in [-0.15, -0.1) is 0 Å². The first-order chi connectivity index (χ1) is 8.84. The molecular weight excluding hydrogens is 222 g/mol.